The Bertz CT molecular complexity index is 91.5. The van der Waals surface area contributed by atoms with Crippen molar-refractivity contribution >= 4 is 12.3 Å². The van der Waals surface area contributed by atoms with Crippen molar-refractivity contribution in [3.63, 3.8) is 0 Å². The third-order valence-corrected chi connectivity index (χ3v) is 0. The molecule has 0 rings (SSSR count). The minimum atomic E-state index is -2.08. The van der Waals surface area contributed by atoms with E-state index >= 15 is 0 Å². The second-order valence-electron chi connectivity index (χ2n) is 0.611. The molecule has 0 aromatic rings. The van der Waals surface area contributed by atoms with E-state index < -0.39 is 23.6 Å². The first kappa shape index (κ1) is 43.7. The normalized spacial score (nSPS) is 4.40. The van der Waals surface area contributed by atoms with Gasteiger partial charge in [-0.3, -0.25) is 0 Å². The molecule has 0 bridgehead atoms. The van der Waals surface area contributed by atoms with Crippen molar-refractivity contribution in [3.8, 4) is 0 Å². The maximum absolute atomic E-state index is 8.56. The van der Waals surface area contributed by atoms with Crippen molar-refractivity contribution in [2.24, 2.45) is 0 Å². The zero-order chi connectivity index (χ0) is 9.86. The molecule has 0 saturated carbocycles. The Morgan fingerprint density at radius 2 is 0.933 bits per heavy atom. The van der Waals surface area contributed by atoms with E-state index in [4.69, 9.17) is 39.3 Å². The molecule has 76 valence electrons. The van der Waals surface area contributed by atoms with Gasteiger partial charge in [0.05, 0.1) is 11.3 Å². The van der Waals surface area contributed by atoms with Crippen LogP contribution in [0.4, 0.5) is 9.59 Å². The summed E-state index contributed by atoms with van der Waals surface area (Å²) in [5, 5.41) is 29.2. The number of carboxylic acid groups (broad SMARTS) is 4. The Morgan fingerprint density at radius 1 is 0.933 bits per heavy atom. The van der Waals surface area contributed by atoms with Crippen molar-refractivity contribution in [1.29, 1.82) is 0 Å². The average molecular weight is 276 g/mol. The van der Waals surface area contributed by atoms with Gasteiger partial charge in [-0.25, -0.2) is 4.79 Å². The molecular formula is C2H4ClNa3O9. The summed E-state index contributed by atoms with van der Waals surface area (Å²) in [5.74, 6) is 0. The minimum Gasteiger partial charge on any atom is -0.870 e. The Labute approximate surface area is 155 Å². The van der Waals surface area contributed by atoms with Crippen LogP contribution in [-0.2, 0) is 0 Å². The van der Waals surface area contributed by atoms with Crippen LogP contribution in [0.25, 0.3) is 0 Å². The Kier molecular flexibility index (Phi) is 131. The SMILES string of the molecule is O=C(O)O.O=C([O-])O.[Na+].[Na+].[Na+].[O-][Cl+][O-].[OH-]. The fraction of sp³-hybridized carbons (Fsp3) is 0. The zero-order valence-corrected chi connectivity index (χ0v) is 15.0. The maximum Gasteiger partial charge on any atom is 1.00 e. The van der Waals surface area contributed by atoms with Gasteiger partial charge in [0.25, 0.3) is 0 Å². The summed E-state index contributed by atoms with van der Waals surface area (Å²) in [6.07, 6.45) is -3.92. The first-order valence-corrected chi connectivity index (χ1v) is 2.21. The van der Waals surface area contributed by atoms with Crippen LogP contribution in [0.3, 0.4) is 0 Å². The largest absolute Gasteiger partial charge is 1.00 e. The molecule has 0 fully saturated rings. The molecule has 0 unspecified atom stereocenters. The molecule has 15 heavy (non-hydrogen) atoms. The molecule has 0 heterocycles. The van der Waals surface area contributed by atoms with Crippen LogP contribution in [0.5, 0.6) is 0 Å². The molecule has 13 heteroatoms. The van der Waals surface area contributed by atoms with E-state index in [2.05, 4.69) is 0 Å². The first-order valence-electron chi connectivity index (χ1n) is 1.59. The van der Waals surface area contributed by atoms with Crippen molar-refractivity contribution in [1.82, 2.24) is 0 Å². The van der Waals surface area contributed by atoms with E-state index in [-0.39, 0.29) is 94.1 Å². The zero-order valence-electron chi connectivity index (χ0n) is 8.21. The number of halogens is 1. The van der Waals surface area contributed by atoms with E-state index in [1.54, 1.807) is 0 Å². The molecule has 0 aromatic heterocycles. The van der Waals surface area contributed by atoms with E-state index in [1.807, 2.05) is 0 Å². The molecule has 4 N–H and O–H groups in total. The van der Waals surface area contributed by atoms with E-state index in [0.717, 1.165) is 0 Å². The molecule has 0 atom stereocenters. The van der Waals surface area contributed by atoms with Gasteiger partial charge in [0.1, 0.15) is 0 Å². The van der Waals surface area contributed by atoms with E-state index in [9.17, 15) is 0 Å². The molecule has 0 saturated heterocycles. The second kappa shape index (κ2) is 44.8. The van der Waals surface area contributed by atoms with Gasteiger partial charge in [0.15, 0.2) is 0 Å². The van der Waals surface area contributed by atoms with Gasteiger partial charge >= 0.3 is 94.8 Å². The number of hydrogen-bond donors (Lipinski definition) is 3. The molecule has 0 aromatic carbocycles. The quantitative estimate of drug-likeness (QED) is 0.360. The molecule has 9 nitrogen and oxygen atoms in total. The molecule has 0 spiro atoms. The van der Waals surface area contributed by atoms with Crippen LogP contribution >= 0.6 is 0 Å². The predicted octanol–water partition coefficient (Wildman–Crippen LogP) is -12.4. The topological polar surface area (TPSA) is 194 Å². The summed E-state index contributed by atoms with van der Waals surface area (Å²) in [4.78, 5) is 17.0. The van der Waals surface area contributed by atoms with Crippen LogP contribution in [0.1, 0.15) is 0 Å². The fourth-order valence-corrected chi connectivity index (χ4v) is 0. The fourth-order valence-electron chi connectivity index (χ4n) is 0. The Hall–Kier alpha value is 1.71. The van der Waals surface area contributed by atoms with Gasteiger partial charge in [-0.15, -0.1) is 0 Å². The Morgan fingerprint density at radius 3 is 0.933 bits per heavy atom. The van der Waals surface area contributed by atoms with Crippen LogP contribution in [-0.4, -0.2) is 33.1 Å². The van der Waals surface area contributed by atoms with Crippen molar-refractivity contribution < 1.29 is 145 Å². The second-order valence-corrected chi connectivity index (χ2v) is 0.737. The van der Waals surface area contributed by atoms with Gasteiger partial charge in [0.2, 0.25) is 6.16 Å². The number of rotatable bonds is 0. The van der Waals surface area contributed by atoms with Gasteiger partial charge in [-0.05, 0) is 0 Å². The molecular weight excluding hydrogens is 272 g/mol. The molecule has 0 aliphatic carbocycles. The number of hydrogen-bond acceptors (Lipinski definition) is 6. The summed E-state index contributed by atoms with van der Waals surface area (Å²) in [6.45, 7) is 0. The Balaban J connectivity index is -0.0000000114. The van der Waals surface area contributed by atoms with Crippen molar-refractivity contribution in [2.75, 3.05) is 0 Å². The monoisotopic (exact) mass is 276 g/mol. The van der Waals surface area contributed by atoms with E-state index in [0.29, 0.717) is 0 Å². The van der Waals surface area contributed by atoms with Gasteiger partial charge in [-0.1, -0.05) is 0 Å². The molecule has 0 aliphatic rings. The number of carbonyl (C=O) groups is 2. The van der Waals surface area contributed by atoms with E-state index in [1.165, 1.54) is 0 Å². The summed E-state index contributed by atoms with van der Waals surface area (Å²) < 4.78 is 16.5. The van der Waals surface area contributed by atoms with Gasteiger partial charge in [0, 0.05) is 0 Å². The molecule has 0 amide bonds. The van der Waals surface area contributed by atoms with Gasteiger partial charge in [-0.2, -0.15) is 0 Å². The first-order chi connectivity index (χ1) is 4.88. The summed E-state index contributed by atoms with van der Waals surface area (Å²) in [5.41, 5.74) is 0. The minimum absolute atomic E-state index is 0. The predicted molar refractivity (Wildman–Crippen MR) is 20.6 cm³/mol. The third-order valence-electron chi connectivity index (χ3n) is 0. The van der Waals surface area contributed by atoms with Crippen molar-refractivity contribution in [3.05, 3.63) is 0 Å². The van der Waals surface area contributed by atoms with Gasteiger partial charge < -0.3 is 40.0 Å². The standard InChI is InChI=1S/2CH2O3.ClO2.3Na.H2O/c2*2-1(3)4;2-1-3;;;;/h2*(H2,2,3,4);;;;;1H2/q;;-1;3*+1;/p-2. The summed E-state index contributed by atoms with van der Waals surface area (Å²) >= 11 is -0.417. The molecule has 0 radical (unpaired) electrons. The third kappa shape index (κ3) is 1010. The average Bonchev–Trinajstić information content (AvgIpc) is 1.60. The van der Waals surface area contributed by atoms with Crippen LogP contribution < -0.4 is 103 Å². The summed E-state index contributed by atoms with van der Waals surface area (Å²) in [6, 6.07) is 0. The van der Waals surface area contributed by atoms with Crippen LogP contribution in [0.15, 0.2) is 0 Å². The molecule has 0 aliphatic heterocycles. The van der Waals surface area contributed by atoms with Crippen molar-refractivity contribution in [2.45, 2.75) is 0 Å². The maximum atomic E-state index is 8.56. The smallest absolute Gasteiger partial charge is 0.870 e. The summed E-state index contributed by atoms with van der Waals surface area (Å²) in [7, 11) is 0. The van der Waals surface area contributed by atoms with Crippen LogP contribution in [0.2, 0.25) is 0 Å². The van der Waals surface area contributed by atoms with Crippen LogP contribution in [0, 0.1) is 11.3 Å².